The molecule has 9 nitrogen and oxygen atoms in total. The first-order chi connectivity index (χ1) is 14.1. The highest BCUT2D eigenvalue weighted by molar-refractivity contribution is 7.09. The van der Waals surface area contributed by atoms with Crippen molar-refractivity contribution in [2.24, 2.45) is 0 Å². The van der Waals surface area contributed by atoms with Crippen molar-refractivity contribution in [3.05, 3.63) is 69.5 Å². The van der Waals surface area contributed by atoms with Gasteiger partial charge < -0.3 is 14.8 Å². The third kappa shape index (κ3) is 4.11. The fourth-order valence-corrected chi connectivity index (χ4v) is 3.31. The van der Waals surface area contributed by atoms with Gasteiger partial charge in [-0.25, -0.2) is 18.9 Å². The smallest absolute Gasteiger partial charge is 0.351 e. The van der Waals surface area contributed by atoms with Gasteiger partial charge in [0.25, 0.3) is 5.88 Å². The normalized spacial score (nSPS) is 10.8. The number of ether oxygens (including phenoxy) is 2. The highest BCUT2D eigenvalue weighted by Gasteiger charge is 2.15. The quantitative estimate of drug-likeness (QED) is 0.500. The number of hydrogen-bond acceptors (Lipinski definition) is 7. The molecule has 1 amide bonds. The Bertz CT molecular complexity index is 1200. The lowest BCUT2D eigenvalue weighted by molar-refractivity contribution is -0.122. The molecule has 0 saturated heterocycles. The van der Waals surface area contributed by atoms with Crippen LogP contribution in [0.3, 0.4) is 0 Å². The number of aromatic nitrogens is 4. The van der Waals surface area contributed by atoms with Crippen molar-refractivity contribution in [2.75, 3.05) is 7.11 Å². The van der Waals surface area contributed by atoms with Crippen LogP contribution in [0.1, 0.15) is 4.88 Å². The number of methoxy groups -OCH3 is 1. The van der Waals surface area contributed by atoms with Gasteiger partial charge in [-0.2, -0.15) is 0 Å². The lowest BCUT2D eigenvalue weighted by atomic mass is 10.3. The Morgan fingerprint density at radius 1 is 1.24 bits per heavy atom. The van der Waals surface area contributed by atoms with Gasteiger partial charge in [-0.1, -0.05) is 12.1 Å². The number of thiophene rings is 1. The van der Waals surface area contributed by atoms with E-state index < -0.39 is 5.69 Å². The van der Waals surface area contributed by atoms with Gasteiger partial charge in [0.1, 0.15) is 18.0 Å². The minimum Gasteiger partial charge on any atom is -0.497 e. The molecule has 4 rings (SSSR count). The fourth-order valence-electron chi connectivity index (χ4n) is 2.67. The van der Waals surface area contributed by atoms with E-state index in [9.17, 15) is 9.59 Å². The SMILES string of the molecule is COc1cccc(Oc2nccn3c(=O)n(CC(=O)NCc4cccs4)nc23)c1. The Morgan fingerprint density at radius 2 is 2.10 bits per heavy atom. The second kappa shape index (κ2) is 8.15. The van der Waals surface area contributed by atoms with E-state index in [0.717, 1.165) is 9.56 Å². The molecule has 10 heteroatoms. The average molecular weight is 411 g/mol. The van der Waals surface area contributed by atoms with Crippen LogP contribution in [0.15, 0.2) is 59.0 Å². The summed E-state index contributed by atoms with van der Waals surface area (Å²) in [4.78, 5) is 30.0. The summed E-state index contributed by atoms with van der Waals surface area (Å²) in [5, 5.41) is 8.94. The summed E-state index contributed by atoms with van der Waals surface area (Å²) >= 11 is 1.55. The highest BCUT2D eigenvalue weighted by atomic mass is 32.1. The number of fused-ring (bicyclic) bond motifs is 1. The third-order valence-electron chi connectivity index (χ3n) is 4.06. The third-order valence-corrected chi connectivity index (χ3v) is 4.93. The van der Waals surface area contributed by atoms with Crippen molar-refractivity contribution in [2.45, 2.75) is 13.1 Å². The van der Waals surface area contributed by atoms with Crippen LogP contribution in [0.25, 0.3) is 5.65 Å². The van der Waals surface area contributed by atoms with Crippen molar-refractivity contribution in [1.29, 1.82) is 0 Å². The predicted molar refractivity (Wildman–Crippen MR) is 106 cm³/mol. The molecule has 0 atom stereocenters. The standard InChI is InChI=1S/C19H17N5O4S/c1-27-13-4-2-5-14(10-13)28-18-17-22-24(19(26)23(17)8-7-20-18)12-16(25)21-11-15-6-3-9-29-15/h2-10H,11-12H2,1H3,(H,21,25). The maximum Gasteiger partial charge on any atom is 0.351 e. The Morgan fingerprint density at radius 3 is 2.90 bits per heavy atom. The lowest BCUT2D eigenvalue weighted by Crippen LogP contribution is -2.32. The number of amides is 1. The summed E-state index contributed by atoms with van der Waals surface area (Å²) in [6.45, 7) is 0.203. The molecule has 1 N–H and O–H groups in total. The van der Waals surface area contributed by atoms with Crippen LogP contribution in [0.5, 0.6) is 17.4 Å². The number of carbonyl (C=O) groups excluding carboxylic acids is 1. The molecule has 0 unspecified atom stereocenters. The van der Waals surface area contributed by atoms with E-state index in [1.165, 1.54) is 16.8 Å². The van der Waals surface area contributed by atoms with E-state index in [1.54, 1.807) is 42.7 Å². The molecule has 0 aliphatic rings. The van der Waals surface area contributed by atoms with Crippen LogP contribution in [0.2, 0.25) is 0 Å². The minimum atomic E-state index is -0.454. The average Bonchev–Trinajstić information content (AvgIpc) is 3.36. The van der Waals surface area contributed by atoms with E-state index in [-0.39, 0.29) is 24.0 Å². The molecular weight excluding hydrogens is 394 g/mol. The molecule has 1 aromatic carbocycles. The molecular formula is C19H17N5O4S. The van der Waals surface area contributed by atoms with Crippen LogP contribution < -0.4 is 20.5 Å². The Kier molecular flexibility index (Phi) is 5.25. The second-order valence-corrected chi connectivity index (χ2v) is 7.04. The zero-order chi connectivity index (χ0) is 20.2. The first-order valence-electron chi connectivity index (χ1n) is 8.69. The van der Waals surface area contributed by atoms with E-state index in [0.29, 0.717) is 18.0 Å². The molecule has 0 saturated carbocycles. The van der Waals surface area contributed by atoms with Gasteiger partial charge in [-0.05, 0) is 23.6 Å². The molecule has 0 aliphatic heterocycles. The summed E-state index contributed by atoms with van der Waals surface area (Å²) in [6, 6.07) is 10.8. The second-order valence-electron chi connectivity index (χ2n) is 6.00. The number of nitrogens with zero attached hydrogens (tertiary/aromatic N) is 4. The number of nitrogens with one attached hydrogen (secondary N) is 1. The first kappa shape index (κ1) is 18.7. The topological polar surface area (TPSA) is 99.8 Å². The molecule has 3 heterocycles. The molecule has 29 heavy (non-hydrogen) atoms. The zero-order valence-electron chi connectivity index (χ0n) is 15.4. The van der Waals surface area contributed by atoms with Gasteiger partial charge in [-0.3, -0.25) is 4.79 Å². The van der Waals surface area contributed by atoms with Crippen molar-refractivity contribution in [3.63, 3.8) is 0 Å². The van der Waals surface area contributed by atoms with Crippen molar-refractivity contribution in [1.82, 2.24) is 24.5 Å². The monoisotopic (exact) mass is 411 g/mol. The van der Waals surface area contributed by atoms with Crippen LogP contribution >= 0.6 is 11.3 Å². The summed E-state index contributed by atoms with van der Waals surface area (Å²) < 4.78 is 13.3. The Balaban J connectivity index is 1.55. The Labute approximate surface area is 169 Å². The summed E-state index contributed by atoms with van der Waals surface area (Å²) in [5.74, 6) is 0.947. The van der Waals surface area contributed by atoms with Crippen LogP contribution in [0.4, 0.5) is 0 Å². The molecule has 0 fully saturated rings. The number of benzene rings is 1. The largest absolute Gasteiger partial charge is 0.497 e. The number of carbonyl (C=O) groups is 1. The van der Waals surface area contributed by atoms with Gasteiger partial charge in [-0.15, -0.1) is 16.4 Å². The van der Waals surface area contributed by atoms with Gasteiger partial charge >= 0.3 is 5.69 Å². The van der Waals surface area contributed by atoms with E-state index in [1.807, 2.05) is 17.5 Å². The molecule has 0 bridgehead atoms. The fraction of sp³-hybridized carbons (Fsp3) is 0.158. The van der Waals surface area contributed by atoms with Crippen molar-refractivity contribution >= 4 is 22.9 Å². The molecule has 3 aromatic heterocycles. The van der Waals surface area contributed by atoms with Crippen LogP contribution in [-0.4, -0.2) is 32.2 Å². The molecule has 0 aliphatic carbocycles. The highest BCUT2D eigenvalue weighted by Crippen LogP contribution is 2.25. The molecule has 0 radical (unpaired) electrons. The minimum absolute atomic E-state index is 0.149. The van der Waals surface area contributed by atoms with Gasteiger partial charge in [0.2, 0.25) is 11.6 Å². The van der Waals surface area contributed by atoms with Gasteiger partial charge in [0.05, 0.1) is 13.7 Å². The summed E-state index contributed by atoms with van der Waals surface area (Å²) in [7, 11) is 1.56. The molecule has 4 aromatic rings. The van der Waals surface area contributed by atoms with E-state index in [2.05, 4.69) is 15.4 Å². The van der Waals surface area contributed by atoms with Crippen molar-refractivity contribution < 1.29 is 14.3 Å². The van der Waals surface area contributed by atoms with Gasteiger partial charge in [0.15, 0.2) is 0 Å². The van der Waals surface area contributed by atoms with E-state index >= 15 is 0 Å². The molecule has 148 valence electrons. The summed E-state index contributed by atoms with van der Waals surface area (Å²) in [6.07, 6.45) is 2.91. The molecule has 0 spiro atoms. The van der Waals surface area contributed by atoms with Crippen LogP contribution in [0, 0.1) is 0 Å². The lowest BCUT2D eigenvalue weighted by Gasteiger charge is -2.06. The predicted octanol–water partition coefficient (Wildman–Crippen LogP) is 2.07. The van der Waals surface area contributed by atoms with E-state index in [4.69, 9.17) is 9.47 Å². The zero-order valence-corrected chi connectivity index (χ0v) is 16.3. The first-order valence-corrected chi connectivity index (χ1v) is 9.57. The maximum absolute atomic E-state index is 12.6. The Hall–Kier alpha value is -3.66. The number of rotatable bonds is 7. The van der Waals surface area contributed by atoms with Gasteiger partial charge in [0, 0.05) is 23.3 Å². The maximum atomic E-state index is 12.6. The number of hydrogen-bond donors (Lipinski definition) is 1. The van der Waals surface area contributed by atoms with Crippen LogP contribution in [-0.2, 0) is 17.9 Å². The summed E-state index contributed by atoms with van der Waals surface area (Å²) in [5.41, 5.74) is -0.240. The van der Waals surface area contributed by atoms with Crippen molar-refractivity contribution in [3.8, 4) is 17.4 Å².